The average molecular weight is 280 g/mol. The summed E-state index contributed by atoms with van der Waals surface area (Å²) in [5.74, 6) is 1.22. The van der Waals surface area contributed by atoms with Gasteiger partial charge >= 0.3 is 0 Å². The lowest BCUT2D eigenvalue weighted by Gasteiger charge is -2.08. The first-order chi connectivity index (χ1) is 7.79. The standard InChI is InChI=1S/C11H10BrN3O/c12-9-1-2-10(8(5-9)6-13)16-11-3-4-14-7-15-11/h1-5,7H,6,13H2. The van der Waals surface area contributed by atoms with E-state index in [-0.39, 0.29) is 0 Å². The summed E-state index contributed by atoms with van der Waals surface area (Å²) in [7, 11) is 0. The SMILES string of the molecule is NCc1cc(Br)ccc1Oc1ccncn1. The van der Waals surface area contributed by atoms with Crippen LogP contribution in [0.25, 0.3) is 0 Å². The van der Waals surface area contributed by atoms with Crippen molar-refractivity contribution in [3.63, 3.8) is 0 Å². The molecule has 2 aromatic rings. The van der Waals surface area contributed by atoms with Crippen molar-refractivity contribution in [2.45, 2.75) is 6.54 Å². The fourth-order valence-electron chi connectivity index (χ4n) is 1.26. The molecule has 0 aliphatic rings. The van der Waals surface area contributed by atoms with E-state index in [1.807, 2.05) is 18.2 Å². The van der Waals surface area contributed by atoms with E-state index in [0.29, 0.717) is 18.2 Å². The van der Waals surface area contributed by atoms with Gasteiger partial charge in [0.05, 0.1) is 0 Å². The van der Waals surface area contributed by atoms with Gasteiger partial charge in [-0.25, -0.2) is 9.97 Å². The summed E-state index contributed by atoms with van der Waals surface area (Å²) in [5.41, 5.74) is 6.56. The Morgan fingerprint density at radius 3 is 2.88 bits per heavy atom. The van der Waals surface area contributed by atoms with Gasteiger partial charge in [-0.05, 0) is 18.2 Å². The van der Waals surface area contributed by atoms with Crippen molar-refractivity contribution in [1.82, 2.24) is 9.97 Å². The second kappa shape index (κ2) is 5.05. The molecule has 0 fully saturated rings. The van der Waals surface area contributed by atoms with Crippen LogP contribution >= 0.6 is 15.9 Å². The summed E-state index contributed by atoms with van der Waals surface area (Å²) in [5, 5.41) is 0. The highest BCUT2D eigenvalue weighted by atomic mass is 79.9. The maximum Gasteiger partial charge on any atom is 0.222 e. The van der Waals surface area contributed by atoms with Crippen LogP contribution in [0.15, 0.2) is 41.3 Å². The van der Waals surface area contributed by atoms with E-state index in [1.165, 1.54) is 6.33 Å². The molecule has 0 unspecified atom stereocenters. The smallest absolute Gasteiger partial charge is 0.222 e. The number of benzene rings is 1. The van der Waals surface area contributed by atoms with Crippen molar-refractivity contribution in [3.05, 3.63) is 46.8 Å². The summed E-state index contributed by atoms with van der Waals surface area (Å²) >= 11 is 3.39. The first kappa shape index (κ1) is 11.0. The Labute approximate surface area is 102 Å². The molecule has 0 spiro atoms. The Hall–Kier alpha value is -1.46. The highest BCUT2D eigenvalue weighted by Crippen LogP contribution is 2.26. The lowest BCUT2D eigenvalue weighted by molar-refractivity contribution is 0.455. The first-order valence-corrected chi connectivity index (χ1v) is 5.51. The van der Waals surface area contributed by atoms with Crippen molar-refractivity contribution < 1.29 is 4.74 Å². The van der Waals surface area contributed by atoms with Crippen LogP contribution in [0, 0.1) is 0 Å². The molecular formula is C11H10BrN3O. The minimum absolute atomic E-state index is 0.417. The van der Waals surface area contributed by atoms with Crippen molar-refractivity contribution in [3.8, 4) is 11.6 Å². The molecule has 16 heavy (non-hydrogen) atoms. The number of aromatic nitrogens is 2. The molecule has 82 valence electrons. The second-order valence-corrected chi connectivity index (χ2v) is 4.02. The molecule has 0 saturated carbocycles. The molecule has 1 aromatic carbocycles. The normalized spacial score (nSPS) is 10.1. The summed E-state index contributed by atoms with van der Waals surface area (Å²) in [6.07, 6.45) is 3.07. The lowest BCUT2D eigenvalue weighted by atomic mass is 10.2. The van der Waals surface area contributed by atoms with Crippen molar-refractivity contribution >= 4 is 15.9 Å². The summed E-state index contributed by atoms with van der Waals surface area (Å²) < 4.78 is 6.58. The van der Waals surface area contributed by atoms with Crippen molar-refractivity contribution in [1.29, 1.82) is 0 Å². The third-order valence-electron chi connectivity index (χ3n) is 2.01. The Bertz CT molecular complexity index is 476. The minimum atomic E-state index is 0.417. The molecule has 5 heteroatoms. The summed E-state index contributed by atoms with van der Waals surface area (Å²) in [6, 6.07) is 7.38. The maximum absolute atomic E-state index is 5.64. The van der Waals surface area contributed by atoms with Crippen LogP contribution in [0.5, 0.6) is 11.6 Å². The lowest BCUT2D eigenvalue weighted by Crippen LogP contribution is -2.00. The van der Waals surface area contributed by atoms with Gasteiger partial charge in [-0.15, -0.1) is 0 Å². The van der Waals surface area contributed by atoms with E-state index < -0.39 is 0 Å². The molecular weight excluding hydrogens is 270 g/mol. The van der Waals surface area contributed by atoms with Crippen LogP contribution in [-0.4, -0.2) is 9.97 Å². The van der Waals surface area contributed by atoms with Gasteiger partial charge in [0.25, 0.3) is 0 Å². The zero-order valence-corrected chi connectivity index (χ0v) is 10.0. The van der Waals surface area contributed by atoms with Gasteiger partial charge in [0.15, 0.2) is 0 Å². The number of hydrogen-bond donors (Lipinski definition) is 1. The van der Waals surface area contributed by atoms with Gasteiger partial charge in [-0.1, -0.05) is 15.9 Å². The predicted molar refractivity (Wildman–Crippen MR) is 64.1 cm³/mol. The largest absolute Gasteiger partial charge is 0.439 e. The van der Waals surface area contributed by atoms with Crippen molar-refractivity contribution in [2.75, 3.05) is 0 Å². The third-order valence-corrected chi connectivity index (χ3v) is 2.51. The highest BCUT2D eigenvalue weighted by molar-refractivity contribution is 9.10. The van der Waals surface area contributed by atoms with Crippen LogP contribution in [0.2, 0.25) is 0 Å². The molecule has 0 atom stereocenters. The first-order valence-electron chi connectivity index (χ1n) is 4.72. The van der Waals surface area contributed by atoms with Crippen molar-refractivity contribution in [2.24, 2.45) is 5.73 Å². The van der Waals surface area contributed by atoms with E-state index >= 15 is 0 Å². The van der Waals surface area contributed by atoms with E-state index in [2.05, 4.69) is 25.9 Å². The molecule has 0 saturated heterocycles. The molecule has 0 amide bonds. The van der Waals surface area contributed by atoms with Crippen LogP contribution in [0.1, 0.15) is 5.56 Å². The molecule has 2 N–H and O–H groups in total. The molecule has 0 bridgehead atoms. The Kier molecular flexibility index (Phi) is 3.48. The van der Waals surface area contributed by atoms with Crippen LogP contribution in [-0.2, 0) is 6.54 Å². The summed E-state index contributed by atoms with van der Waals surface area (Å²) in [6.45, 7) is 0.417. The topological polar surface area (TPSA) is 61.0 Å². The van der Waals surface area contributed by atoms with E-state index in [9.17, 15) is 0 Å². The number of rotatable bonds is 3. The van der Waals surface area contributed by atoms with Gasteiger partial charge in [0.2, 0.25) is 5.88 Å². The molecule has 2 rings (SSSR count). The summed E-state index contributed by atoms with van der Waals surface area (Å²) in [4.78, 5) is 7.81. The molecule has 0 radical (unpaired) electrons. The number of hydrogen-bond acceptors (Lipinski definition) is 4. The number of nitrogens with two attached hydrogens (primary N) is 1. The van der Waals surface area contributed by atoms with Gasteiger partial charge in [0, 0.05) is 28.8 Å². The third kappa shape index (κ3) is 2.56. The Morgan fingerprint density at radius 2 is 2.19 bits per heavy atom. The highest BCUT2D eigenvalue weighted by Gasteiger charge is 2.04. The fraction of sp³-hybridized carbons (Fsp3) is 0.0909. The van der Waals surface area contributed by atoms with Gasteiger partial charge < -0.3 is 10.5 Å². The molecule has 4 nitrogen and oxygen atoms in total. The van der Waals surface area contributed by atoms with Gasteiger partial charge in [-0.2, -0.15) is 0 Å². The second-order valence-electron chi connectivity index (χ2n) is 3.11. The molecule has 1 aromatic heterocycles. The predicted octanol–water partition coefficient (Wildman–Crippen LogP) is 2.49. The molecule has 0 aliphatic heterocycles. The van der Waals surface area contributed by atoms with Gasteiger partial charge in [0.1, 0.15) is 12.1 Å². The van der Waals surface area contributed by atoms with E-state index in [0.717, 1.165) is 10.0 Å². The molecule has 1 heterocycles. The number of ether oxygens (including phenoxy) is 1. The number of nitrogens with zero attached hydrogens (tertiary/aromatic N) is 2. The Balaban J connectivity index is 2.28. The van der Waals surface area contributed by atoms with Crippen LogP contribution < -0.4 is 10.5 Å². The maximum atomic E-state index is 5.64. The van der Waals surface area contributed by atoms with Gasteiger partial charge in [-0.3, -0.25) is 0 Å². The number of halogens is 1. The Morgan fingerprint density at radius 1 is 1.31 bits per heavy atom. The molecule has 0 aliphatic carbocycles. The average Bonchev–Trinajstić information content (AvgIpc) is 2.33. The fourth-order valence-corrected chi connectivity index (χ4v) is 1.67. The van der Waals surface area contributed by atoms with E-state index in [4.69, 9.17) is 10.5 Å². The quantitative estimate of drug-likeness (QED) is 0.938. The minimum Gasteiger partial charge on any atom is -0.439 e. The van der Waals surface area contributed by atoms with Crippen LogP contribution in [0.4, 0.5) is 0 Å². The zero-order chi connectivity index (χ0) is 11.4. The monoisotopic (exact) mass is 279 g/mol. The zero-order valence-electron chi connectivity index (χ0n) is 8.43. The van der Waals surface area contributed by atoms with E-state index in [1.54, 1.807) is 12.3 Å². The van der Waals surface area contributed by atoms with Crippen LogP contribution in [0.3, 0.4) is 0 Å².